The molecule has 0 radical (unpaired) electrons. The number of thiophene rings is 1. The summed E-state index contributed by atoms with van der Waals surface area (Å²) in [5, 5.41) is 5.15. The van der Waals surface area contributed by atoms with E-state index in [0.717, 1.165) is 19.5 Å². The van der Waals surface area contributed by atoms with E-state index >= 15 is 0 Å². The van der Waals surface area contributed by atoms with Gasteiger partial charge >= 0.3 is 0 Å². The van der Waals surface area contributed by atoms with Gasteiger partial charge in [0.1, 0.15) is 0 Å². The highest BCUT2D eigenvalue weighted by molar-refractivity contribution is 7.87. The van der Waals surface area contributed by atoms with E-state index in [2.05, 4.69) is 10.0 Å². The Labute approximate surface area is 112 Å². The molecule has 0 aromatic carbocycles. The Morgan fingerprint density at radius 1 is 1.50 bits per heavy atom. The number of nitrogens with zero attached hydrogens (tertiary/aromatic N) is 1. The second-order valence-corrected chi connectivity index (χ2v) is 7.19. The van der Waals surface area contributed by atoms with Crippen LogP contribution in [-0.2, 0) is 16.6 Å². The minimum atomic E-state index is -3.34. The first-order valence-corrected chi connectivity index (χ1v) is 8.40. The third-order valence-corrected chi connectivity index (χ3v) is 5.50. The molecule has 18 heavy (non-hydrogen) atoms. The summed E-state index contributed by atoms with van der Waals surface area (Å²) in [5.74, 6) is 0. The summed E-state index contributed by atoms with van der Waals surface area (Å²) >= 11 is 1.65. The minimum Gasteiger partial charge on any atom is -0.314 e. The van der Waals surface area contributed by atoms with Crippen molar-refractivity contribution in [2.45, 2.75) is 19.4 Å². The third kappa shape index (κ3) is 3.76. The fraction of sp³-hybridized carbons (Fsp3) is 0.636. The first-order chi connectivity index (χ1) is 8.58. The Balaban J connectivity index is 1.90. The summed E-state index contributed by atoms with van der Waals surface area (Å²) in [6, 6.07) is 3.93. The lowest BCUT2D eigenvalue weighted by molar-refractivity contribution is 0.352. The van der Waals surface area contributed by atoms with Crippen LogP contribution in [0.1, 0.15) is 11.8 Å². The van der Waals surface area contributed by atoms with Crippen molar-refractivity contribution in [3.63, 3.8) is 0 Å². The topological polar surface area (TPSA) is 61.4 Å². The van der Waals surface area contributed by atoms with Gasteiger partial charge in [0.05, 0.1) is 0 Å². The van der Waals surface area contributed by atoms with Crippen molar-refractivity contribution < 1.29 is 8.42 Å². The van der Waals surface area contributed by atoms with E-state index in [1.807, 2.05) is 24.4 Å². The molecule has 1 fully saturated rings. The number of hydrogen-bond acceptors (Lipinski definition) is 4. The fourth-order valence-electron chi connectivity index (χ4n) is 1.99. The lowest BCUT2D eigenvalue weighted by Crippen LogP contribution is -2.52. The number of rotatable bonds is 5. The van der Waals surface area contributed by atoms with Crippen molar-refractivity contribution in [3.8, 4) is 0 Å². The van der Waals surface area contributed by atoms with E-state index in [9.17, 15) is 8.42 Å². The first kappa shape index (κ1) is 14.0. The lowest BCUT2D eigenvalue weighted by Gasteiger charge is -2.28. The molecule has 0 spiro atoms. The van der Waals surface area contributed by atoms with Crippen LogP contribution in [0.25, 0.3) is 0 Å². The molecule has 0 bridgehead atoms. The Bertz CT molecular complexity index is 453. The maximum Gasteiger partial charge on any atom is 0.279 e. The van der Waals surface area contributed by atoms with Crippen molar-refractivity contribution in [2.24, 2.45) is 0 Å². The van der Waals surface area contributed by atoms with Gasteiger partial charge < -0.3 is 5.32 Å². The van der Waals surface area contributed by atoms with Gasteiger partial charge in [-0.2, -0.15) is 17.4 Å². The smallest absolute Gasteiger partial charge is 0.279 e. The molecule has 1 atom stereocenters. The zero-order chi connectivity index (χ0) is 13.0. The average Bonchev–Trinajstić information content (AvgIpc) is 2.82. The lowest BCUT2D eigenvalue weighted by atomic mass is 10.2. The number of piperazine rings is 1. The summed E-state index contributed by atoms with van der Waals surface area (Å²) in [6.07, 6.45) is 0.739. The van der Waals surface area contributed by atoms with Crippen LogP contribution in [0.3, 0.4) is 0 Å². The second kappa shape index (κ2) is 6.12. The molecule has 1 unspecified atom stereocenters. The predicted octanol–water partition coefficient (Wildman–Crippen LogP) is 0.419. The normalized spacial score (nSPS) is 19.8. The SMILES string of the molecule is CC(Cc1cccs1)NS(=O)(=O)N1CCNCC1. The number of hydrogen-bond donors (Lipinski definition) is 2. The molecular formula is C11H19N3O2S2. The molecule has 0 amide bonds. The zero-order valence-electron chi connectivity index (χ0n) is 10.4. The second-order valence-electron chi connectivity index (χ2n) is 4.46. The molecular weight excluding hydrogens is 270 g/mol. The van der Waals surface area contributed by atoms with Gasteiger partial charge in [0.15, 0.2) is 0 Å². The summed E-state index contributed by atoms with van der Waals surface area (Å²) in [7, 11) is -3.34. The Kier molecular flexibility index (Phi) is 4.74. The standard InChI is InChI=1S/C11H19N3O2S2/c1-10(9-11-3-2-8-17-11)13-18(15,16)14-6-4-12-5-7-14/h2-3,8,10,12-13H,4-7,9H2,1H3. The van der Waals surface area contributed by atoms with Gasteiger partial charge in [-0.15, -0.1) is 11.3 Å². The van der Waals surface area contributed by atoms with E-state index in [1.54, 1.807) is 11.3 Å². The van der Waals surface area contributed by atoms with Gasteiger partial charge in [-0.1, -0.05) is 6.07 Å². The molecule has 1 saturated heterocycles. The molecule has 1 aromatic rings. The Morgan fingerprint density at radius 2 is 2.22 bits per heavy atom. The van der Waals surface area contributed by atoms with Crippen LogP contribution < -0.4 is 10.0 Å². The molecule has 1 aliphatic rings. The molecule has 0 saturated carbocycles. The van der Waals surface area contributed by atoms with Crippen LogP contribution in [0, 0.1) is 0 Å². The monoisotopic (exact) mass is 289 g/mol. The minimum absolute atomic E-state index is 0.0801. The maximum absolute atomic E-state index is 12.1. The largest absolute Gasteiger partial charge is 0.314 e. The Hall–Kier alpha value is -0.470. The summed E-state index contributed by atoms with van der Waals surface area (Å²) in [4.78, 5) is 1.20. The fourth-order valence-corrected chi connectivity index (χ4v) is 4.23. The van der Waals surface area contributed by atoms with E-state index in [-0.39, 0.29) is 6.04 Å². The van der Waals surface area contributed by atoms with Crippen LogP contribution in [0.5, 0.6) is 0 Å². The van der Waals surface area contributed by atoms with Gasteiger partial charge in [-0.05, 0) is 24.8 Å². The van der Waals surface area contributed by atoms with Crippen LogP contribution in [-0.4, -0.2) is 44.9 Å². The van der Waals surface area contributed by atoms with E-state index in [0.29, 0.717) is 13.1 Å². The van der Waals surface area contributed by atoms with Crippen LogP contribution in [0.15, 0.2) is 17.5 Å². The molecule has 0 aliphatic carbocycles. The molecule has 7 heteroatoms. The molecule has 2 N–H and O–H groups in total. The van der Waals surface area contributed by atoms with Gasteiger partial charge in [-0.25, -0.2) is 0 Å². The highest BCUT2D eigenvalue weighted by atomic mass is 32.2. The molecule has 2 rings (SSSR count). The first-order valence-electron chi connectivity index (χ1n) is 6.08. The molecule has 102 valence electrons. The third-order valence-electron chi connectivity index (χ3n) is 2.85. The van der Waals surface area contributed by atoms with E-state index in [4.69, 9.17) is 0 Å². The summed E-state index contributed by atoms with van der Waals surface area (Å²) in [6.45, 7) is 4.43. The van der Waals surface area contributed by atoms with Crippen molar-refractivity contribution in [1.29, 1.82) is 0 Å². The maximum atomic E-state index is 12.1. The van der Waals surface area contributed by atoms with Gasteiger partial charge in [0.2, 0.25) is 0 Å². The van der Waals surface area contributed by atoms with Crippen molar-refractivity contribution in [1.82, 2.24) is 14.3 Å². The van der Waals surface area contributed by atoms with Crippen LogP contribution in [0.4, 0.5) is 0 Å². The molecule has 2 heterocycles. The van der Waals surface area contributed by atoms with Gasteiger partial charge in [-0.3, -0.25) is 0 Å². The summed E-state index contributed by atoms with van der Waals surface area (Å²) < 4.78 is 28.5. The highest BCUT2D eigenvalue weighted by Crippen LogP contribution is 2.12. The number of nitrogens with one attached hydrogen (secondary N) is 2. The van der Waals surface area contributed by atoms with Crippen molar-refractivity contribution in [2.75, 3.05) is 26.2 Å². The molecule has 1 aliphatic heterocycles. The van der Waals surface area contributed by atoms with Gasteiger partial charge in [0, 0.05) is 37.1 Å². The molecule has 1 aromatic heterocycles. The van der Waals surface area contributed by atoms with Crippen LogP contribution >= 0.6 is 11.3 Å². The van der Waals surface area contributed by atoms with Gasteiger partial charge in [0.25, 0.3) is 10.2 Å². The van der Waals surface area contributed by atoms with E-state index < -0.39 is 10.2 Å². The highest BCUT2D eigenvalue weighted by Gasteiger charge is 2.25. The quantitative estimate of drug-likeness (QED) is 0.826. The van der Waals surface area contributed by atoms with E-state index in [1.165, 1.54) is 9.18 Å². The zero-order valence-corrected chi connectivity index (χ0v) is 12.1. The molecule has 5 nitrogen and oxygen atoms in total. The predicted molar refractivity (Wildman–Crippen MR) is 74.0 cm³/mol. The average molecular weight is 289 g/mol. The summed E-state index contributed by atoms with van der Waals surface area (Å²) in [5.41, 5.74) is 0. The van der Waals surface area contributed by atoms with Crippen LogP contribution in [0.2, 0.25) is 0 Å². The van der Waals surface area contributed by atoms with Crippen molar-refractivity contribution in [3.05, 3.63) is 22.4 Å². The van der Waals surface area contributed by atoms with Crippen molar-refractivity contribution >= 4 is 21.5 Å². The Morgan fingerprint density at radius 3 is 2.83 bits per heavy atom.